The topological polar surface area (TPSA) is 71.4 Å². The number of carbonyl (C=O) groups is 1. The molecule has 1 aliphatic heterocycles. The van der Waals surface area contributed by atoms with E-state index in [1.54, 1.807) is 48.5 Å². The Hall–Kier alpha value is -3.20. The lowest BCUT2D eigenvalue weighted by atomic mass is 9.91. The van der Waals surface area contributed by atoms with E-state index in [1.807, 2.05) is 13.0 Å². The maximum Gasteiger partial charge on any atom is 0.255 e. The molecule has 1 atom stereocenters. The Balaban J connectivity index is 1.60. The van der Waals surface area contributed by atoms with Crippen molar-refractivity contribution in [3.8, 4) is 17.6 Å². The van der Waals surface area contributed by atoms with Crippen molar-refractivity contribution >= 4 is 34.8 Å². The highest BCUT2D eigenvalue weighted by Gasteiger charge is 2.20. The minimum atomic E-state index is -0.549. The van der Waals surface area contributed by atoms with E-state index >= 15 is 0 Å². The first-order valence-corrected chi connectivity index (χ1v) is 9.88. The van der Waals surface area contributed by atoms with Gasteiger partial charge in [0.15, 0.2) is 11.5 Å². The molecule has 150 valence electrons. The van der Waals surface area contributed by atoms with Gasteiger partial charge in [0.2, 0.25) is 6.79 Å². The zero-order valence-electron chi connectivity index (χ0n) is 15.9. The van der Waals surface area contributed by atoms with Crippen molar-refractivity contribution in [3.63, 3.8) is 0 Å². The fourth-order valence-corrected chi connectivity index (χ4v) is 3.67. The zero-order valence-corrected chi connectivity index (χ0v) is 17.4. The molecule has 30 heavy (non-hydrogen) atoms. The largest absolute Gasteiger partial charge is 0.454 e. The van der Waals surface area contributed by atoms with Gasteiger partial charge in [0.05, 0.1) is 12.0 Å². The summed E-state index contributed by atoms with van der Waals surface area (Å²) in [4.78, 5) is 12.7. The predicted octanol–water partition coefficient (Wildman–Crippen LogP) is 5.94. The first-order valence-electron chi connectivity index (χ1n) is 9.12. The third kappa shape index (κ3) is 3.93. The number of amides is 1. The van der Waals surface area contributed by atoms with Crippen molar-refractivity contribution in [1.29, 1.82) is 5.26 Å². The molecule has 0 bridgehead atoms. The SMILES string of the molecule is Cc1cc([C@@H](C#N)c2ccc(Cl)cc2)c(Cl)cc1NC(=O)c1ccc2c(c1)OCO2. The molecule has 0 aliphatic carbocycles. The summed E-state index contributed by atoms with van der Waals surface area (Å²) in [6.07, 6.45) is 0. The van der Waals surface area contributed by atoms with Crippen LogP contribution in [-0.4, -0.2) is 12.7 Å². The summed E-state index contributed by atoms with van der Waals surface area (Å²) in [5, 5.41) is 13.6. The molecule has 0 aromatic heterocycles. The Labute approximate surface area is 183 Å². The van der Waals surface area contributed by atoms with Crippen LogP contribution in [0.1, 0.15) is 33.0 Å². The third-order valence-electron chi connectivity index (χ3n) is 4.87. The van der Waals surface area contributed by atoms with Crippen LogP contribution in [0.15, 0.2) is 54.6 Å². The Morgan fingerprint density at radius 1 is 1.07 bits per heavy atom. The smallest absolute Gasteiger partial charge is 0.255 e. The molecule has 0 spiro atoms. The predicted molar refractivity (Wildman–Crippen MR) is 116 cm³/mol. The zero-order chi connectivity index (χ0) is 21.3. The van der Waals surface area contributed by atoms with E-state index in [-0.39, 0.29) is 12.7 Å². The first-order chi connectivity index (χ1) is 14.5. The number of halogens is 2. The second kappa shape index (κ2) is 8.27. The van der Waals surface area contributed by atoms with E-state index in [9.17, 15) is 10.1 Å². The average Bonchev–Trinajstić information content (AvgIpc) is 3.21. The van der Waals surface area contributed by atoms with E-state index in [2.05, 4.69) is 11.4 Å². The summed E-state index contributed by atoms with van der Waals surface area (Å²) in [5.74, 6) is 0.300. The van der Waals surface area contributed by atoms with Crippen molar-refractivity contribution in [2.45, 2.75) is 12.8 Å². The van der Waals surface area contributed by atoms with Crippen LogP contribution in [0.2, 0.25) is 10.0 Å². The highest BCUT2D eigenvalue weighted by atomic mass is 35.5. The minimum Gasteiger partial charge on any atom is -0.454 e. The average molecular weight is 439 g/mol. The lowest BCUT2D eigenvalue weighted by molar-refractivity contribution is 0.102. The molecule has 5 nitrogen and oxygen atoms in total. The molecule has 0 unspecified atom stereocenters. The Kier molecular flexibility index (Phi) is 5.54. The van der Waals surface area contributed by atoms with Gasteiger partial charge in [0.1, 0.15) is 0 Å². The van der Waals surface area contributed by atoms with Gasteiger partial charge in [-0.2, -0.15) is 5.26 Å². The molecular weight excluding hydrogens is 423 g/mol. The molecule has 1 heterocycles. The monoisotopic (exact) mass is 438 g/mol. The molecule has 1 amide bonds. The number of benzene rings is 3. The summed E-state index contributed by atoms with van der Waals surface area (Å²) >= 11 is 12.4. The van der Waals surface area contributed by atoms with Crippen molar-refractivity contribution in [2.24, 2.45) is 0 Å². The lowest BCUT2D eigenvalue weighted by Gasteiger charge is -2.16. The normalized spacial score (nSPS) is 12.9. The Morgan fingerprint density at radius 3 is 2.53 bits per heavy atom. The number of fused-ring (bicyclic) bond motifs is 1. The number of hydrogen-bond donors (Lipinski definition) is 1. The van der Waals surface area contributed by atoms with Gasteiger partial charge in [0, 0.05) is 21.3 Å². The van der Waals surface area contributed by atoms with Crippen LogP contribution >= 0.6 is 23.2 Å². The summed E-state index contributed by atoms with van der Waals surface area (Å²) < 4.78 is 10.6. The first kappa shape index (κ1) is 20.1. The van der Waals surface area contributed by atoms with Crippen molar-refractivity contribution in [1.82, 2.24) is 0 Å². The molecule has 0 saturated heterocycles. The van der Waals surface area contributed by atoms with Gasteiger partial charge < -0.3 is 14.8 Å². The number of hydrogen-bond acceptors (Lipinski definition) is 4. The highest BCUT2D eigenvalue weighted by molar-refractivity contribution is 6.32. The standard InChI is InChI=1S/C23H16Cl2N2O3/c1-13-8-17(18(11-26)14-2-5-16(24)6-3-14)19(25)10-20(13)27-23(28)15-4-7-21-22(9-15)30-12-29-21/h2-10,18H,12H2,1H3,(H,27,28)/t18-/m0/s1. The van der Waals surface area contributed by atoms with Gasteiger partial charge >= 0.3 is 0 Å². The molecule has 3 aromatic carbocycles. The Morgan fingerprint density at radius 2 is 1.80 bits per heavy atom. The number of nitrogens with one attached hydrogen (secondary N) is 1. The summed E-state index contributed by atoms with van der Waals surface area (Å²) in [6, 6.07) is 17.9. The van der Waals surface area contributed by atoms with Gasteiger partial charge in [0.25, 0.3) is 5.91 Å². The van der Waals surface area contributed by atoms with Crippen LogP contribution in [0.3, 0.4) is 0 Å². The maximum atomic E-state index is 12.7. The van der Waals surface area contributed by atoms with E-state index in [1.165, 1.54) is 0 Å². The quantitative estimate of drug-likeness (QED) is 0.546. The molecule has 4 rings (SSSR count). The number of rotatable bonds is 4. The molecular formula is C23H16Cl2N2O3. The fraction of sp³-hybridized carbons (Fsp3) is 0.130. The van der Waals surface area contributed by atoms with Crippen LogP contribution in [0.5, 0.6) is 11.5 Å². The summed E-state index contributed by atoms with van der Waals surface area (Å²) in [6.45, 7) is 2.00. The van der Waals surface area contributed by atoms with Crippen molar-refractivity contribution in [3.05, 3.63) is 86.9 Å². The molecule has 0 saturated carbocycles. The Bertz CT molecular complexity index is 1170. The third-order valence-corrected chi connectivity index (χ3v) is 5.45. The fourth-order valence-electron chi connectivity index (χ4n) is 3.27. The number of nitrogens with zero attached hydrogens (tertiary/aromatic N) is 1. The van der Waals surface area contributed by atoms with Gasteiger partial charge in [-0.3, -0.25) is 4.79 Å². The van der Waals surface area contributed by atoms with Crippen molar-refractivity contribution < 1.29 is 14.3 Å². The van der Waals surface area contributed by atoms with Crippen molar-refractivity contribution in [2.75, 3.05) is 12.1 Å². The molecule has 0 fully saturated rings. The number of carbonyl (C=O) groups excluding carboxylic acids is 1. The van der Waals surface area contributed by atoms with Gasteiger partial charge in [-0.1, -0.05) is 41.4 Å². The van der Waals surface area contributed by atoms with Crippen LogP contribution in [0, 0.1) is 18.3 Å². The van der Waals surface area contributed by atoms with E-state index in [0.29, 0.717) is 38.4 Å². The molecule has 1 N–H and O–H groups in total. The van der Waals surface area contributed by atoms with Crippen LogP contribution in [0.25, 0.3) is 0 Å². The van der Waals surface area contributed by atoms with E-state index in [0.717, 1.165) is 11.1 Å². The summed E-state index contributed by atoms with van der Waals surface area (Å²) in [7, 11) is 0. The number of nitriles is 1. The molecule has 7 heteroatoms. The molecule has 3 aromatic rings. The van der Waals surface area contributed by atoms with Gasteiger partial charge in [-0.05, 0) is 60.0 Å². The van der Waals surface area contributed by atoms with E-state index < -0.39 is 5.92 Å². The molecule has 0 radical (unpaired) electrons. The van der Waals surface area contributed by atoms with E-state index in [4.69, 9.17) is 32.7 Å². The van der Waals surface area contributed by atoms with Crippen LogP contribution in [-0.2, 0) is 0 Å². The second-order valence-electron chi connectivity index (χ2n) is 6.82. The lowest BCUT2D eigenvalue weighted by Crippen LogP contribution is -2.13. The highest BCUT2D eigenvalue weighted by Crippen LogP contribution is 2.35. The van der Waals surface area contributed by atoms with Crippen LogP contribution in [0.4, 0.5) is 5.69 Å². The number of aryl methyl sites for hydroxylation is 1. The number of anilines is 1. The van der Waals surface area contributed by atoms with Crippen LogP contribution < -0.4 is 14.8 Å². The molecule has 1 aliphatic rings. The van der Waals surface area contributed by atoms with Gasteiger partial charge in [-0.25, -0.2) is 0 Å². The number of ether oxygens (including phenoxy) is 2. The van der Waals surface area contributed by atoms with Gasteiger partial charge in [-0.15, -0.1) is 0 Å². The maximum absolute atomic E-state index is 12.7. The second-order valence-corrected chi connectivity index (χ2v) is 7.67. The minimum absolute atomic E-state index is 0.143. The summed E-state index contributed by atoms with van der Waals surface area (Å²) in [5.41, 5.74) is 3.26.